The Labute approximate surface area is 97.3 Å². The fourth-order valence-corrected chi connectivity index (χ4v) is 1.75. The first-order valence-corrected chi connectivity index (χ1v) is 5.21. The van der Waals surface area contributed by atoms with Gasteiger partial charge in [-0.05, 0) is 23.8 Å². The SMILES string of the molecule is NC(c1ccc2ncccc2c1)c1ncon1. The molecule has 5 heteroatoms. The van der Waals surface area contributed by atoms with E-state index in [0.717, 1.165) is 16.5 Å². The highest BCUT2D eigenvalue weighted by Gasteiger charge is 2.13. The third-order valence-electron chi connectivity index (χ3n) is 2.64. The number of nitrogens with two attached hydrogens (primary N) is 1. The first-order chi connectivity index (χ1) is 8.34. The van der Waals surface area contributed by atoms with Gasteiger partial charge in [0.25, 0.3) is 0 Å². The summed E-state index contributed by atoms with van der Waals surface area (Å²) in [6.45, 7) is 0. The number of pyridine rings is 1. The molecule has 1 atom stereocenters. The third-order valence-corrected chi connectivity index (χ3v) is 2.64. The molecule has 17 heavy (non-hydrogen) atoms. The lowest BCUT2D eigenvalue weighted by molar-refractivity contribution is 0.407. The van der Waals surface area contributed by atoms with Crippen LogP contribution < -0.4 is 5.73 Å². The molecule has 3 aromatic rings. The van der Waals surface area contributed by atoms with Crippen LogP contribution in [0.5, 0.6) is 0 Å². The highest BCUT2D eigenvalue weighted by molar-refractivity contribution is 5.79. The Kier molecular flexibility index (Phi) is 2.31. The van der Waals surface area contributed by atoms with E-state index in [2.05, 4.69) is 15.1 Å². The fraction of sp³-hybridized carbons (Fsp3) is 0.0833. The minimum absolute atomic E-state index is 0.377. The van der Waals surface area contributed by atoms with Crippen LogP contribution in [0.3, 0.4) is 0 Å². The van der Waals surface area contributed by atoms with Crippen molar-refractivity contribution in [3.63, 3.8) is 0 Å². The summed E-state index contributed by atoms with van der Waals surface area (Å²) in [5, 5.41) is 4.79. The lowest BCUT2D eigenvalue weighted by atomic mass is 10.0. The fourth-order valence-electron chi connectivity index (χ4n) is 1.75. The Hall–Kier alpha value is -2.27. The van der Waals surface area contributed by atoms with Gasteiger partial charge in [-0.1, -0.05) is 17.3 Å². The smallest absolute Gasteiger partial charge is 0.213 e. The first-order valence-electron chi connectivity index (χ1n) is 5.21. The summed E-state index contributed by atoms with van der Waals surface area (Å²) >= 11 is 0. The van der Waals surface area contributed by atoms with Gasteiger partial charge in [-0.15, -0.1) is 0 Å². The zero-order chi connectivity index (χ0) is 11.7. The van der Waals surface area contributed by atoms with Crippen LogP contribution >= 0.6 is 0 Å². The van der Waals surface area contributed by atoms with Crippen molar-refractivity contribution in [2.45, 2.75) is 6.04 Å². The summed E-state index contributed by atoms with van der Waals surface area (Å²) in [4.78, 5) is 8.21. The molecule has 2 heterocycles. The average molecular weight is 226 g/mol. The average Bonchev–Trinajstić information content (AvgIpc) is 2.91. The van der Waals surface area contributed by atoms with E-state index in [4.69, 9.17) is 10.3 Å². The molecule has 2 N–H and O–H groups in total. The Bertz CT molecular complexity index is 636. The molecule has 1 unspecified atom stereocenters. The standard InChI is InChI=1S/C12H10N4O/c13-11(12-15-7-17-16-12)9-3-4-10-8(6-9)2-1-5-14-10/h1-7,11H,13H2. The van der Waals surface area contributed by atoms with E-state index < -0.39 is 0 Å². The molecule has 0 radical (unpaired) electrons. The molecule has 0 aliphatic heterocycles. The van der Waals surface area contributed by atoms with Gasteiger partial charge in [0.15, 0.2) is 5.82 Å². The number of aromatic nitrogens is 3. The van der Waals surface area contributed by atoms with Gasteiger partial charge in [-0.25, -0.2) is 0 Å². The molecule has 2 aromatic heterocycles. The van der Waals surface area contributed by atoms with E-state index in [-0.39, 0.29) is 6.04 Å². The molecule has 0 aliphatic rings. The Morgan fingerprint density at radius 2 is 2.12 bits per heavy atom. The molecular weight excluding hydrogens is 216 g/mol. The molecule has 0 saturated heterocycles. The van der Waals surface area contributed by atoms with Gasteiger partial charge >= 0.3 is 0 Å². The molecule has 5 nitrogen and oxygen atoms in total. The second-order valence-electron chi connectivity index (χ2n) is 3.72. The molecule has 84 valence electrons. The molecule has 0 bridgehead atoms. The Balaban J connectivity index is 2.06. The van der Waals surface area contributed by atoms with Gasteiger partial charge in [0.2, 0.25) is 6.39 Å². The van der Waals surface area contributed by atoms with Gasteiger partial charge in [0, 0.05) is 11.6 Å². The van der Waals surface area contributed by atoms with E-state index in [9.17, 15) is 0 Å². The van der Waals surface area contributed by atoms with Crippen LogP contribution in [0.15, 0.2) is 47.4 Å². The summed E-state index contributed by atoms with van der Waals surface area (Å²) in [7, 11) is 0. The summed E-state index contributed by atoms with van der Waals surface area (Å²) in [5.74, 6) is 0.480. The maximum Gasteiger partial charge on any atom is 0.213 e. The van der Waals surface area contributed by atoms with Crippen LogP contribution in [0.25, 0.3) is 10.9 Å². The van der Waals surface area contributed by atoms with E-state index in [1.807, 2.05) is 30.3 Å². The van der Waals surface area contributed by atoms with Gasteiger partial charge in [0.05, 0.1) is 11.6 Å². The van der Waals surface area contributed by atoms with Crippen molar-refractivity contribution in [1.29, 1.82) is 0 Å². The maximum absolute atomic E-state index is 6.05. The second kappa shape index (κ2) is 3.95. The monoisotopic (exact) mass is 226 g/mol. The number of hydrogen-bond donors (Lipinski definition) is 1. The highest BCUT2D eigenvalue weighted by atomic mass is 16.5. The van der Waals surface area contributed by atoms with Crippen molar-refractivity contribution < 1.29 is 4.52 Å². The molecule has 3 rings (SSSR count). The van der Waals surface area contributed by atoms with Crippen LogP contribution in [0, 0.1) is 0 Å². The zero-order valence-electron chi connectivity index (χ0n) is 8.95. The minimum Gasteiger partial charge on any atom is -0.343 e. The van der Waals surface area contributed by atoms with Gasteiger partial charge in [-0.2, -0.15) is 4.98 Å². The number of benzene rings is 1. The minimum atomic E-state index is -0.377. The topological polar surface area (TPSA) is 77.8 Å². The van der Waals surface area contributed by atoms with Crippen molar-refractivity contribution in [3.05, 3.63) is 54.3 Å². The molecule has 0 spiro atoms. The van der Waals surface area contributed by atoms with Crippen molar-refractivity contribution in [2.24, 2.45) is 5.73 Å². The summed E-state index contributed by atoms with van der Waals surface area (Å²) in [5.41, 5.74) is 7.92. The number of rotatable bonds is 2. The predicted molar refractivity (Wildman–Crippen MR) is 62.1 cm³/mol. The number of fused-ring (bicyclic) bond motifs is 1. The summed E-state index contributed by atoms with van der Waals surface area (Å²) < 4.78 is 4.69. The normalized spacial score (nSPS) is 12.8. The van der Waals surface area contributed by atoms with Crippen molar-refractivity contribution >= 4 is 10.9 Å². The van der Waals surface area contributed by atoms with E-state index in [0.29, 0.717) is 5.82 Å². The molecule has 0 amide bonds. The van der Waals surface area contributed by atoms with E-state index >= 15 is 0 Å². The summed E-state index contributed by atoms with van der Waals surface area (Å²) in [6.07, 6.45) is 3.04. The maximum atomic E-state index is 6.05. The van der Waals surface area contributed by atoms with Crippen LogP contribution in [-0.4, -0.2) is 15.1 Å². The molecule has 0 fully saturated rings. The van der Waals surface area contributed by atoms with E-state index in [1.165, 1.54) is 6.39 Å². The van der Waals surface area contributed by atoms with Crippen molar-refractivity contribution in [1.82, 2.24) is 15.1 Å². The van der Waals surface area contributed by atoms with Crippen LogP contribution in [0.2, 0.25) is 0 Å². The molecule has 0 saturated carbocycles. The molecular formula is C12H10N4O. The number of nitrogens with zero attached hydrogens (tertiary/aromatic N) is 3. The highest BCUT2D eigenvalue weighted by Crippen LogP contribution is 2.20. The summed E-state index contributed by atoms with van der Waals surface area (Å²) in [6, 6.07) is 9.36. The predicted octanol–water partition coefficient (Wildman–Crippen LogP) is 1.67. The van der Waals surface area contributed by atoms with Gasteiger partial charge < -0.3 is 10.3 Å². The lowest BCUT2D eigenvalue weighted by Crippen LogP contribution is -2.13. The quantitative estimate of drug-likeness (QED) is 0.719. The van der Waals surface area contributed by atoms with Gasteiger partial charge in [-0.3, -0.25) is 4.98 Å². The van der Waals surface area contributed by atoms with Crippen LogP contribution in [-0.2, 0) is 0 Å². The zero-order valence-corrected chi connectivity index (χ0v) is 8.95. The largest absolute Gasteiger partial charge is 0.343 e. The lowest BCUT2D eigenvalue weighted by Gasteiger charge is -2.08. The second-order valence-corrected chi connectivity index (χ2v) is 3.72. The first kappa shape index (κ1) is 9.92. The Morgan fingerprint density at radius 1 is 1.18 bits per heavy atom. The Morgan fingerprint density at radius 3 is 2.94 bits per heavy atom. The van der Waals surface area contributed by atoms with E-state index in [1.54, 1.807) is 6.20 Å². The number of hydrogen-bond acceptors (Lipinski definition) is 5. The van der Waals surface area contributed by atoms with Crippen molar-refractivity contribution in [2.75, 3.05) is 0 Å². The van der Waals surface area contributed by atoms with Crippen LogP contribution in [0.1, 0.15) is 17.4 Å². The van der Waals surface area contributed by atoms with Gasteiger partial charge in [0.1, 0.15) is 0 Å². The third kappa shape index (κ3) is 1.76. The molecule has 1 aromatic carbocycles. The van der Waals surface area contributed by atoms with Crippen LogP contribution in [0.4, 0.5) is 0 Å². The molecule has 0 aliphatic carbocycles. The van der Waals surface area contributed by atoms with Crippen molar-refractivity contribution in [3.8, 4) is 0 Å².